The van der Waals surface area contributed by atoms with Crippen molar-refractivity contribution in [3.63, 3.8) is 0 Å². The highest BCUT2D eigenvalue weighted by atomic mass is 35.5. The first-order valence-electron chi connectivity index (χ1n) is 6.07. The van der Waals surface area contributed by atoms with Crippen molar-refractivity contribution in [2.24, 2.45) is 0 Å². The first-order chi connectivity index (χ1) is 9.24. The van der Waals surface area contributed by atoms with Gasteiger partial charge in [0.25, 0.3) is 0 Å². The number of nitrogens with one attached hydrogen (secondary N) is 2. The molecule has 19 heavy (non-hydrogen) atoms. The molecule has 1 fully saturated rings. The number of aromatic amines is 1. The van der Waals surface area contributed by atoms with Crippen molar-refractivity contribution < 1.29 is 4.39 Å². The van der Waals surface area contributed by atoms with Gasteiger partial charge in [0.05, 0.1) is 5.02 Å². The van der Waals surface area contributed by atoms with Crippen LogP contribution in [0, 0.1) is 5.82 Å². The molecule has 0 aliphatic carbocycles. The molecule has 1 aliphatic rings. The zero-order valence-corrected chi connectivity index (χ0v) is 10.9. The van der Waals surface area contributed by atoms with Gasteiger partial charge in [0.15, 0.2) is 5.82 Å². The summed E-state index contributed by atoms with van der Waals surface area (Å²) in [5.74, 6) is 0.839. The van der Waals surface area contributed by atoms with Gasteiger partial charge in [0.1, 0.15) is 5.82 Å². The lowest BCUT2D eigenvalue weighted by Gasteiger charge is -2.25. The van der Waals surface area contributed by atoms with E-state index in [1.807, 2.05) is 0 Å². The van der Waals surface area contributed by atoms with Crippen molar-refractivity contribution in [3.8, 4) is 11.4 Å². The molecule has 1 saturated heterocycles. The van der Waals surface area contributed by atoms with Crippen LogP contribution in [-0.2, 0) is 0 Å². The number of nitrogens with zero attached hydrogens (tertiary/aromatic N) is 3. The Hall–Kier alpha value is -1.66. The minimum absolute atomic E-state index is 0.322. The molecule has 0 radical (unpaired) electrons. The maximum atomic E-state index is 13.0. The molecule has 0 saturated carbocycles. The van der Waals surface area contributed by atoms with Crippen molar-refractivity contribution in [2.75, 3.05) is 31.1 Å². The van der Waals surface area contributed by atoms with Crippen LogP contribution in [-0.4, -0.2) is 41.4 Å². The van der Waals surface area contributed by atoms with E-state index in [1.165, 1.54) is 12.1 Å². The van der Waals surface area contributed by atoms with Gasteiger partial charge in [-0.1, -0.05) is 11.6 Å². The maximum Gasteiger partial charge on any atom is 0.245 e. The third-order valence-corrected chi connectivity index (χ3v) is 3.37. The third-order valence-electron chi connectivity index (χ3n) is 3.06. The molecule has 3 rings (SSSR count). The Morgan fingerprint density at radius 2 is 2.05 bits per heavy atom. The predicted molar refractivity (Wildman–Crippen MR) is 71.9 cm³/mol. The molecule has 1 aromatic heterocycles. The summed E-state index contributed by atoms with van der Waals surface area (Å²) in [6, 6.07) is 4.22. The smallest absolute Gasteiger partial charge is 0.245 e. The zero-order valence-electron chi connectivity index (χ0n) is 10.2. The highest BCUT2D eigenvalue weighted by Crippen LogP contribution is 2.26. The maximum absolute atomic E-state index is 13.0. The molecule has 2 N–H and O–H groups in total. The standard InChI is InChI=1S/C12H13ClFN5/c13-10-7-8(14)1-2-9(10)11-16-12(18-17-11)19-5-3-15-4-6-19/h1-2,7,15H,3-6H2,(H,16,17,18). The summed E-state index contributed by atoms with van der Waals surface area (Å²) in [7, 11) is 0. The normalized spacial score (nSPS) is 15.8. The van der Waals surface area contributed by atoms with E-state index in [9.17, 15) is 4.39 Å². The number of hydrogen-bond acceptors (Lipinski definition) is 4. The molecule has 0 atom stereocenters. The summed E-state index contributed by atoms with van der Waals surface area (Å²) >= 11 is 6.01. The molecule has 1 aromatic carbocycles. The molecule has 0 unspecified atom stereocenters. The Kier molecular flexibility index (Phi) is 3.35. The van der Waals surface area contributed by atoms with Gasteiger partial charge in [-0.3, -0.25) is 5.10 Å². The zero-order chi connectivity index (χ0) is 13.2. The SMILES string of the molecule is Fc1ccc(-c2nc(N3CCNCC3)n[nH]2)c(Cl)c1. The van der Waals surface area contributed by atoms with Crippen molar-refractivity contribution in [1.82, 2.24) is 20.5 Å². The lowest BCUT2D eigenvalue weighted by Crippen LogP contribution is -2.44. The van der Waals surface area contributed by atoms with Crippen molar-refractivity contribution >= 4 is 17.5 Å². The fourth-order valence-corrected chi connectivity index (χ4v) is 2.32. The Morgan fingerprint density at radius 3 is 2.79 bits per heavy atom. The molecule has 5 nitrogen and oxygen atoms in total. The first-order valence-corrected chi connectivity index (χ1v) is 6.45. The number of benzene rings is 1. The monoisotopic (exact) mass is 281 g/mol. The quantitative estimate of drug-likeness (QED) is 0.879. The van der Waals surface area contributed by atoms with Crippen LogP contribution in [0.15, 0.2) is 18.2 Å². The van der Waals surface area contributed by atoms with Gasteiger partial charge in [-0.2, -0.15) is 4.98 Å². The second-order valence-electron chi connectivity index (χ2n) is 4.35. The van der Waals surface area contributed by atoms with Crippen LogP contribution in [0.4, 0.5) is 10.3 Å². The van der Waals surface area contributed by atoms with E-state index >= 15 is 0 Å². The highest BCUT2D eigenvalue weighted by Gasteiger charge is 2.16. The Bertz CT molecular complexity index is 579. The Balaban J connectivity index is 1.87. The van der Waals surface area contributed by atoms with Crippen LogP contribution in [0.5, 0.6) is 0 Å². The number of hydrogen-bond donors (Lipinski definition) is 2. The second-order valence-corrected chi connectivity index (χ2v) is 4.75. The van der Waals surface area contributed by atoms with Gasteiger partial charge in [-0.15, -0.1) is 5.10 Å². The minimum atomic E-state index is -0.365. The average Bonchev–Trinajstić information content (AvgIpc) is 2.89. The number of halogens is 2. The predicted octanol–water partition coefficient (Wildman–Crippen LogP) is 1.67. The number of piperazine rings is 1. The molecule has 7 heteroatoms. The van der Waals surface area contributed by atoms with E-state index in [1.54, 1.807) is 6.07 Å². The van der Waals surface area contributed by atoms with Gasteiger partial charge >= 0.3 is 0 Å². The van der Waals surface area contributed by atoms with E-state index in [2.05, 4.69) is 25.4 Å². The Labute approximate surface area is 114 Å². The molecular formula is C12H13ClFN5. The van der Waals surface area contributed by atoms with Crippen LogP contribution >= 0.6 is 11.6 Å². The molecule has 0 spiro atoms. The largest absolute Gasteiger partial charge is 0.337 e. The molecule has 1 aliphatic heterocycles. The lowest BCUT2D eigenvalue weighted by atomic mass is 10.2. The fourth-order valence-electron chi connectivity index (χ4n) is 2.06. The summed E-state index contributed by atoms with van der Waals surface area (Å²) in [5.41, 5.74) is 0.650. The minimum Gasteiger partial charge on any atom is -0.337 e. The molecule has 2 aromatic rings. The van der Waals surface area contributed by atoms with Gasteiger partial charge in [-0.05, 0) is 18.2 Å². The van der Waals surface area contributed by atoms with E-state index in [0.717, 1.165) is 26.2 Å². The molecular weight excluding hydrogens is 269 g/mol. The van der Waals surface area contributed by atoms with Crippen molar-refractivity contribution in [3.05, 3.63) is 29.0 Å². The van der Waals surface area contributed by atoms with Crippen molar-refractivity contribution in [2.45, 2.75) is 0 Å². The third kappa shape index (κ3) is 2.54. The van der Waals surface area contributed by atoms with E-state index < -0.39 is 0 Å². The van der Waals surface area contributed by atoms with E-state index in [4.69, 9.17) is 11.6 Å². The summed E-state index contributed by atoms with van der Waals surface area (Å²) in [6.07, 6.45) is 0. The summed E-state index contributed by atoms with van der Waals surface area (Å²) in [4.78, 5) is 6.51. The summed E-state index contributed by atoms with van der Waals surface area (Å²) in [6.45, 7) is 3.57. The topological polar surface area (TPSA) is 56.8 Å². The van der Waals surface area contributed by atoms with Gasteiger partial charge in [0.2, 0.25) is 5.95 Å². The number of aromatic nitrogens is 3. The fraction of sp³-hybridized carbons (Fsp3) is 0.333. The number of H-pyrrole nitrogens is 1. The Morgan fingerprint density at radius 1 is 1.26 bits per heavy atom. The lowest BCUT2D eigenvalue weighted by molar-refractivity contribution is 0.580. The average molecular weight is 282 g/mol. The van der Waals surface area contributed by atoms with Crippen LogP contribution in [0.2, 0.25) is 5.02 Å². The van der Waals surface area contributed by atoms with E-state index in [0.29, 0.717) is 22.4 Å². The first kappa shape index (κ1) is 12.4. The van der Waals surface area contributed by atoms with Crippen LogP contribution in [0.1, 0.15) is 0 Å². The number of rotatable bonds is 2. The molecule has 0 bridgehead atoms. The van der Waals surface area contributed by atoms with Crippen LogP contribution in [0.25, 0.3) is 11.4 Å². The second kappa shape index (κ2) is 5.14. The van der Waals surface area contributed by atoms with Crippen molar-refractivity contribution in [1.29, 1.82) is 0 Å². The van der Waals surface area contributed by atoms with E-state index in [-0.39, 0.29) is 5.82 Å². The van der Waals surface area contributed by atoms with Gasteiger partial charge in [-0.25, -0.2) is 4.39 Å². The van der Waals surface area contributed by atoms with Crippen LogP contribution < -0.4 is 10.2 Å². The summed E-state index contributed by atoms with van der Waals surface area (Å²) < 4.78 is 13.0. The van der Waals surface area contributed by atoms with Gasteiger partial charge < -0.3 is 10.2 Å². The van der Waals surface area contributed by atoms with Gasteiger partial charge in [0, 0.05) is 31.7 Å². The molecule has 0 amide bonds. The summed E-state index contributed by atoms with van der Waals surface area (Å²) in [5, 5.41) is 10.6. The molecule has 100 valence electrons. The highest BCUT2D eigenvalue weighted by molar-refractivity contribution is 6.33. The van der Waals surface area contributed by atoms with Crippen LogP contribution in [0.3, 0.4) is 0 Å². The molecule has 2 heterocycles. The number of anilines is 1.